The summed E-state index contributed by atoms with van der Waals surface area (Å²) in [5.74, 6) is 0. The van der Waals surface area contributed by atoms with Crippen molar-refractivity contribution in [2.75, 3.05) is 20.6 Å². The second-order valence-electron chi connectivity index (χ2n) is 4.02. The molecule has 0 aliphatic carbocycles. The molecule has 1 aromatic carbocycles. The fourth-order valence-corrected chi connectivity index (χ4v) is 2.60. The SMILES string of the molecule is CN(C)CCc1c([131I])[nH]c2ccccc12. The molecule has 0 aliphatic rings. The lowest BCUT2D eigenvalue weighted by molar-refractivity contribution is 0.414. The molecule has 2 nitrogen and oxygen atoms in total. The summed E-state index contributed by atoms with van der Waals surface area (Å²) in [5.41, 5.74) is 2.69. The van der Waals surface area contributed by atoms with Crippen molar-refractivity contribution < 1.29 is 0 Å². The number of rotatable bonds is 3. The van der Waals surface area contributed by atoms with Gasteiger partial charge < -0.3 is 9.88 Å². The van der Waals surface area contributed by atoms with Gasteiger partial charge in [-0.05, 0) is 54.7 Å². The second-order valence-corrected chi connectivity index (χ2v) is 5.10. The molecule has 0 radical (unpaired) electrons. The Morgan fingerprint density at radius 1 is 1.27 bits per heavy atom. The van der Waals surface area contributed by atoms with Gasteiger partial charge in [0.2, 0.25) is 0 Å². The molecule has 0 spiro atoms. The van der Waals surface area contributed by atoms with Crippen LogP contribution in [0.15, 0.2) is 24.3 Å². The Morgan fingerprint density at radius 2 is 2.00 bits per heavy atom. The maximum absolute atomic E-state index is 3.42. The Balaban J connectivity index is 2.36. The second kappa shape index (κ2) is 4.53. The van der Waals surface area contributed by atoms with Gasteiger partial charge in [-0.3, -0.25) is 0 Å². The molecule has 0 saturated heterocycles. The number of benzene rings is 1. The third-order valence-corrected chi connectivity index (χ3v) is 3.49. The molecule has 0 aliphatic heterocycles. The summed E-state index contributed by atoms with van der Waals surface area (Å²) in [5, 5.41) is 1.36. The normalized spacial score (nSPS) is 11.5. The molecule has 1 N–H and O–H groups in total. The number of aromatic nitrogens is 1. The highest BCUT2D eigenvalue weighted by Crippen LogP contribution is 2.23. The van der Waals surface area contributed by atoms with E-state index in [0.717, 1.165) is 13.0 Å². The van der Waals surface area contributed by atoms with Crippen LogP contribution in [-0.4, -0.2) is 30.5 Å². The first-order chi connectivity index (χ1) is 7.18. The largest absolute Gasteiger partial charge is 0.350 e. The van der Waals surface area contributed by atoms with Crippen LogP contribution in [0.25, 0.3) is 10.9 Å². The molecule has 2 rings (SSSR count). The quantitative estimate of drug-likeness (QED) is 0.862. The number of fused-ring (bicyclic) bond motifs is 1. The fourth-order valence-electron chi connectivity index (χ4n) is 1.75. The number of H-pyrrole nitrogens is 1. The van der Waals surface area contributed by atoms with E-state index in [1.54, 1.807) is 0 Å². The minimum absolute atomic E-state index is 1.10. The predicted molar refractivity (Wildman–Crippen MR) is 73.3 cm³/mol. The summed E-state index contributed by atoms with van der Waals surface area (Å²) in [7, 11) is 4.23. The average Bonchev–Trinajstić information content (AvgIpc) is 2.50. The van der Waals surface area contributed by atoms with Crippen LogP contribution in [0.5, 0.6) is 0 Å². The first kappa shape index (κ1) is 11.0. The monoisotopic (exact) mass is 318 g/mol. The molecule has 0 bridgehead atoms. The third-order valence-electron chi connectivity index (χ3n) is 2.57. The van der Waals surface area contributed by atoms with E-state index in [1.165, 1.54) is 20.2 Å². The van der Waals surface area contributed by atoms with E-state index >= 15 is 0 Å². The van der Waals surface area contributed by atoms with Crippen molar-refractivity contribution in [1.82, 2.24) is 9.88 Å². The highest BCUT2D eigenvalue weighted by Gasteiger charge is 2.08. The van der Waals surface area contributed by atoms with E-state index in [9.17, 15) is 0 Å². The van der Waals surface area contributed by atoms with Crippen LogP contribution in [0, 0.1) is 3.70 Å². The van der Waals surface area contributed by atoms with Crippen LogP contribution in [0.1, 0.15) is 5.56 Å². The summed E-state index contributed by atoms with van der Waals surface area (Å²) in [6.07, 6.45) is 1.11. The Bertz CT molecular complexity index is 460. The molecule has 0 atom stereocenters. The molecule has 2 aromatic rings. The average molecular weight is 318 g/mol. The Morgan fingerprint density at radius 3 is 2.73 bits per heavy atom. The first-order valence-corrected chi connectivity index (χ1v) is 6.16. The molecular weight excluding hydrogens is 303 g/mol. The number of para-hydroxylation sites is 1. The van der Waals surface area contributed by atoms with Crippen molar-refractivity contribution in [3.05, 3.63) is 33.5 Å². The lowest BCUT2D eigenvalue weighted by Crippen LogP contribution is -2.15. The van der Waals surface area contributed by atoms with Gasteiger partial charge in [0.1, 0.15) is 0 Å². The van der Waals surface area contributed by atoms with E-state index < -0.39 is 0 Å². The van der Waals surface area contributed by atoms with E-state index in [1.807, 2.05) is 0 Å². The van der Waals surface area contributed by atoms with E-state index in [2.05, 4.69) is 70.8 Å². The summed E-state index contributed by atoms with van der Waals surface area (Å²) >= 11 is 2.39. The summed E-state index contributed by atoms with van der Waals surface area (Å²) in [6, 6.07) is 8.51. The molecule has 0 fully saturated rings. The van der Waals surface area contributed by atoms with Crippen molar-refractivity contribution in [2.45, 2.75) is 6.42 Å². The van der Waals surface area contributed by atoms with Gasteiger partial charge in [-0.15, -0.1) is 0 Å². The minimum Gasteiger partial charge on any atom is -0.350 e. The molecule has 80 valence electrons. The number of aromatic amines is 1. The van der Waals surface area contributed by atoms with Gasteiger partial charge in [-0.1, -0.05) is 18.2 Å². The van der Waals surface area contributed by atoms with E-state index in [0.29, 0.717) is 0 Å². The number of halogens is 1. The smallest absolute Gasteiger partial charge is 0.0815 e. The molecule has 1 heterocycles. The molecule has 0 saturated carbocycles. The van der Waals surface area contributed by atoms with Gasteiger partial charge in [0, 0.05) is 17.4 Å². The number of nitrogens with one attached hydrogen (secondary N) is 1. The van der Waals surface area contributed by atoms with Crippen molar-refractivity contribution in [1.29, 1.82) is 0 Å². The molecule has 1 aromatic heterocycles. The van der Waals surface area contributed by atoms with Gasteiger partial charge in [0.25, 0.3) is 0 Å². The van der Waals surface area contributed by atoms with Crippen LogP contribution < -0.4 is 0 Å². The highest BCUT2D eigenvalue weighted by molar-refractivity contribution is 14.1. The first-order valence-electron chi connectivity index (χ1n) is 5.08. The van der Waals surface area contributed by atoms with Crippen molar-refractivity contribution >= 4 is 33.5 Å². The van der Waals surface area contributed by atoms with Gasteiger partial charge in [-0.25, -0.2) is 0 Å². The number of hydrogen-bond donors (Lipinski definition) is 1. The van der Waals surface area contributed by atoms with E-state index in [4.69, 9.17) is 0 Å². The zero-order valence-corrected chi connectivity index (χ0v) is 11.2. The summed E-state index contributed by atoms with van der Waals surface area (Å²) < 4.78 is 1.27. The van der Waals surface area contributed by atoms with Gasteiger partial charge in [0.15, 0.2) is 0 Å². The van der Waals surface area contributed by atoms with Crippen molar-refractivity contribution in [3.8, 4) is 0 Å². The predicted octanol–water partition coefficient (Wildman–Crippen LogP) is 2.88. The topological polar surface area (TPSA) is 19.0 Å². The number of nitrogens with zero attached hydrogens (tertiary/aromatic N) is 1. The standard InChI is InChI=1S/C12H15IN2/c1-15(2)8-7-10-9-5-3-4-6-11(9)14-12(10)13/h3-6,14H,7-8H2,1-2H3/i13+4. The lowest BCUT2D eigenvalue weighted by atomic mass is 10.1. The summed E-state index contributed by atoms with van der Waals surface area (Å²) in [4.78, 5) is 5.64. The van der Waals surface area contributed by atoms with Crippen molar-refractivity contribution in [2.24, 2.45) is 0 Å². The van der Waals surface area contributed by atoms with Gasteiger partial charge in [-0.2, -0.15) is 0 Å². The van der Waals surface area contributed by atoms with Crippen LogP contribution in [-0.2, 0) is 6.42 Å². The Hall–Kier alpha value is -0.550. The maximum atomic E-state index is 3.42. The Labute approximate surface area is 104 Å². The van der Waals surface area contributed by atoms with Crippen LogP contribution in [0.2, 0.25) is 0 Å². The van der Waals surface area contributed by atoms with Crippen LogP contribution in [0.3, 0.4) is 0 Å². The minimum atomic E-state index is 1.10. The fraction of sp³-hybridized carbons (Fsp3) is 0.333. The van der Waals surface area contributed by atoms with Gasteiger partial charge in [0.05, 0.1) is 3.70 Å². The third kappa shape index (κ3) is 2.34. The Kier molecular flexibility index (Phi) is 3.31. The number of hydrogen-bond acceptors (Lipinski definition) is 1. The molecule has 3 heteroatoms. The molecule has 15 heavy (non-hydrogen) atoms. The van der Waals surface area contributed by atoms with Crippen molar-refractivity contribution in [3.63, 3.8) is 0 Å². The van der Waals surface area contributed by atoms with E-state index in [-0.39, 0.29) is 0 Å². The molecule has 0 unspecified atom stereocenters. The number of likely N-dealkylation sites (N-methyl/N-ethyl adjacent to an activating group) is 1. The zero-order valence-electron chi connectivity index (χ0n) is 9.05. The van der Waals surface area contributed by atoms with Crippen LogP contribution >= 0.6 is 22.6 Å². The zero-order chi connectivity index (χ0) is 10.8. The highest BCUT2D eigenvalue weighted by atomic mass is 131. The molecule has 0 amide bonds. The molecular formula is C12H15IN2. The van der Waals surface area contributed by atoms with Gasteiger partial charge >= 0.3 is 0 Å². The maximum Gasteiger partial charge on any atom is 0.0815 e. The lowest BCUT2D eigenvalue weighted by Gasteiger charge is -2.08. The summed E-state index contributed by atoms with van der Waals surface area (Å²) in [6.45, 7) is 1.10. The van der Waals surface area contributed by atoms with Crippen LogP contribution in [0.4, 0.5) is 0 Å².